The number of nitrogens with one attached hydrogen (secondary N) is 2. The zero-order chi connectivity index (χ0) is 13.2. The third kappa shape index (κ3) is 2.31. The van der Waals surface area contributed by atoms with Crippen molar-refractivity contribution in [1.82, 2.24) is 10.2 Å². The fraction of sp³-hybridized carbons (Fsp3) is 0. The molecule has 0 unspecified atom stereocenters. The average Bonchev–Trinajstić information content (AvgIpc) is 2.76. The van der Waals surface area contributed by atoms with Gasteiger partial charge in [-0.1, -0.05) is 0 Å². The Morgan fingerprint density at radius 2 is 2.00 bits per heavy atom. The number of nitrogens with zero attached hydrogens (tertiary/aromatic N) is 2. The number of halogens is 1. The van der Waals surface area contributed by atoms with Gasteiger partial charge in [0.2, 0.25) is 0 Å². The van der Waals surface area contributed by atoms with Gasteiger partial charge in [0.25, 0.3) is 10.0 Å². The Morgan fingerprint density at radius 1 is 1.33 bits per heavy atom. The molecule has 6 nitrogen and oxygen atoms in total. The van der Waals surface area contributed by atoms with Crippen LogP contribution in [0.4, 0.5) is 10.2 Å². The van der Waals surface area contributed by atoms with Crippen LogP contribution in [0.15, 0.2) is 35.4 Å². The maximum atomic E-state index is 12.7. The molecule has 0 amide bonds. The van der Waals surface area contributed by atoms with Crippen LogP contribution in [0.1, 0.15) is 5.56 Å². The number of hydrogen-bond acceptors (Lipinski definition) is 4. The van der Waals surface area contributed by atoms with Crippen molar-refractivity contribution in [3.8, 4) is 6.07 Å². The summed E-state index contributed by atoms with van der Waals surface area (Å²) in [5, 5.41) is 14.6. The summed E-state index contributed by atoms with van der Waals surface area (Å²) < 4.78 is 38.6. The molecule has 1 aromatic heterocycles. The first-order chi connectivity index (χ1) is 8.53. The summed E-state index contributed by atoms with van der Waals surface area (Å²) in [5.74, 6) is -0.560. The molecule has 2 N–H and O–H groups in total. The van der Waals surface area contributed by atoms with Gasteiger partial charge in [0.15, 0.2) is 5.82 Å². The molecular formula is C10H7FN4O2S. The summed E-state index contributed by atoms with van der Waals surface area (Å²) in [6, 6.07) is 6.10. The molecule has 0 aliphatic carbocycles. The highest BCUT2D eigenvalue weighted by Crippen LogP contribution is 2.17. The van der Waals surface area contributed by atoms with Crippen LogP contribution in [0.3, 0.4) is 0 Å². The number of H-pyrrole nitrogens is 1. The molecule has 0 saturated heterocycles. The Balaban J connectivity index is 2.34. The van der Waals surface area contributed by atoms with Crippen molar-refractivity contribution in [3.63, 3.8) is 0 Å². The quantitative estimate of drug-likeness (QED) is 0.872. The first kappa shape index (κ1) is 12.1. The van der Waals surface area contributed by atoms with Gasteiger partial charge in [-0.05, 0) is 24.3 Å². The van der Waals surface area contributed by atoms with Crippen molar-refractivity contribution in [2.24, 2.45) is 0 Å². The van der Waals surface area contributed by atoms with Gasteiger partial charge in [0, 0.05) is 0 Å². The van der Waals surface area contributed by atoms with E-state index in [1.165, 1.54) is 6.20 Å². The summed E-state index contributed by atoms with van der Waals surface area (Å²) in [4.78, 5) is -0.109. The van der Waals surface area contributed by atoms with Gasteiger partial charge in [-0.25, -0.2) is 12.8 Å². The lowest BCUT2D eigenvalue weighted by Crippen LogP contribution is -2.14. The van der Waals surface area contributed by atoms with Gasteiger partial charge >= 0.3 is 0 Å². The van der Waals surface area contributed by atoms with E-state index in [1.54, 1.807) is 6.07 Å². The molecule has 0 bridgehead atoms. The molecule has 92 valence electrons. The fourth-order valence-corrected chi connectivity index (χ4v) is 2.29. The number of aromatic amines is 1. The Hall–Kier alpha value is -2.40. The molecule has 0 saturated carbocycles. The molecule has 0 spiro atoms. The van der Waals surface area contributed by atoms with E-state index in [1.807, 2.05) is 0 Å². The zero-order valence-corrected chi connectivity index (χ0v) is 9.70. The van der Waals surface area contributed by atoms with Crippen molar-refractivity contribution < 1.29 is 12.8 Å². The Labute approximate surface area is 102 Å². The van der Waals surface area contributed by atoms with Gasteiger partial charge in [-0.2, -0.15) is 10.4 Å². The lowest BCUT2D eigenvalue weighted by Gasteiger charge is -2.05. The van der Waals surface area contributed by atoms with Crippen LogP contribution in [0, 0.1) is 17.1 Å². The van der Waals surface area contributed by atoms with Gasteiger partial charge < -0.3 is 0 Å². The molecule has 8 heteroatoms. The highest BCUT2D eigenvalue weighted by atomic mass is 32.2. The smallest absolute Gasteiger partial charge is 0.263 e. The van der Waals surface area contributed by atoms with Gasteiger partial charge in [-0.15, -0.1) is 0 Å². The molecule has 0 aliphatic rings. The van der Waals surface area contributed by atoms with Crippen molar-refractivity contribution in [3.05, 3.63) is 41.8 Å². The molecule has 2 rings (SSSR count). The first-order valence-electron chi connectivity index (χ1n) is 4.75. The Kier molecular flexibility index (Phi) is 2.99. The van der Waals surface area contributed by atoms with Gasteiger partial charge in [0.1, 0.15) is 17.4 Å². The van der Waals surface area contributed by atoms with Crippen LogP contribution in [0.2, 0.25) is 0 Å². The van der Waals surface area contributed by atoms with Crippen molar-refractivity contribution >= 4 is 15.8 Å². The minimum absolute atomic E-state index is 0.0261. The molecule has 0 radical (unpaired) electrons. The Bertz CT molecular complexity index is 700. The molecule has 0 atom stereocenters. The number of benzene rings is 1. The molecule has 18 heavy (non-hydrogen) atoms. The summed E-state index contributed by atoms with van der Waals surface area (Å²) in [5.41, 5.74) is 0.0701. The number of rotatable bonds is 3. The van der Waals surface area contributed by atoms with Crippen molar-refractivity contribution in [2.45, 2.75) is 4.90 Å². The second kappa shape index (κ2) is 4.46. The largest absolute Gasteiger partial charge is 0.263 e. The van der Waals surface area contributed by atoms with Crippen LogP contribution in [-0.4, -0.2) is 18.6 Å². The molecule has 2 aromatic rings. The standard InChI is InChI=1S/C10H7FN4O2S/c11-8-1-3-9(4-2-8)18(16,17)15-10-7(5-12)6-13-14-10/h1-4,6H,(H2,13,14,15). The van der Waals surface area contributed by atoms with Gasteiger partial charge in [0.05, 0.1) is 11.1 Å². The van der Waals surface area contributed by atoms with Crippen LogP contribution in [0.5, 0.6) is 0 Å². The lowest BCUT2D eigenvalue weighted by atomic mass is 10.4. The molecule has 0 fully saturated rings. The van der Waals surface area contributed by atoms with E-state index in [0.717, 1.165) is 24.3 Å². The van der Waals surface area contributed by atoms with E-state index in [0.29, 0.717) is 0 Å². The van der Waals surface area contributed by atoms with E-state index in [4.69, 9.17) is 5.26 Å². The second-order valence-electron chi connectivity index (χ2n) is 3.33. The van der Waals surface area contributed by atoms with Crippen molar-refractivity contribution in [1.29, 1.82) is 5.26 Å². The maximum absolute atomic E-state index is 12.7. The van der Waals surface area contributed by atoms with E-state index in [-0.39, 0.29) is 16.3 Å². The maximum Gasteiger partial charge on any atom is 0.263 e. The normalized spacial score (nSPS) is 10.9. The highest BCUT2D eigenvalue weighted by Gasteiger charge is 2.17. The summed E-state index contributed by atoms with van der Waals surface area (Å²) >= 11 is 0. The molecular weight excluding hydrogens is 259 g/mol. The van der Waals surface area contributed by atoms with Gasteiger partial charge in [-0.3, -0.25) is 9.82 Å². The third-order valence-electron chi connectivity index (χ3n) is 2.12. The SMILES string of the molecule is N#Cc1cn[nH]c1NS(=O)(=O)c1ccc(F)cc1. The van der Waals surface area contributed by atoms with E-state index < -0.39 is 15.8 Å². The van der Waals surface area contributed by atoms with E-state index in [2.05, 4.69) is 14.9 Å². The number of anilines is 1. The Morgan fingerprint density at radius 3 is 2.61 bits per heavy atom. The van der Waals surface area contributed by atoms with Crippen LogP contribution < -0.4 is 4.72 Å². The highest BCUT2D eigenvalue weighted by molar-refractivity contribution is 7.92. The predicted molar refractivity (Wildman–Crippen MR) is 60.5 cm³/mol. The van der Waals surface area contributed by atoms with Crippen LogP contribution in [0.25, 0.3) is 0 Å². The van der Waals surface area contributed by atoms with Crippen molar-refractivity contribution in [2.75, 3.05) is 4.72 Å². The number of nitriles is 1. The fourth-order valence-electron chi connectivity index (χ4n) is 1.26. The topological polar surface area (TPSA) is 98.6 Å². The van der Waals surface area contributed by atoms with Crippen LogP contribution in [-0.2, 0) is 10.0 Å². The molecule has 0 aliphatic heterocycles. The minimum Gasteiger partial charge on any atom is -0.263 e. The average molecular weight is 266 g/mol. The minimum atomic E-state index is -3.87. The summed E-state index contributed by atoms with van der Waals surface area (Å²) in [7, 11) is -3.87. The monoisotopic (exact) mass is 266 g/mol. The predicted octanol–water partition coefficient (Wildman–Crippen LogP) is 1.22. The number of sulfonamides is 1. The van der Waals surface area contributed by atoms with E-state index >= 15 is 0 Å². The molecule has 1 heterocycles. The third-order valence-corrected chi connectivity index (χ3v) is 3.49. The number of hydrogen-bond donors (Lipinski definition) is 2. The first-order valence-corrected chi connectivity index (χ1v) is 6.23. The van der Waals surface area contributed by atoms with E-state index in [9.17, 15) is 12.8 Å². The molecule has 1 aromatic carbocycles. The summed E-state index contributed by atoms with van der Waals surface area (Å²) in [6.07, 6.45) is 1.20. The lowest BCUT2D eigenvalue weighted by molar-refractivity contribution is 0.599. The summed E-state index contributed by atoms with van der Waals surface area (Å²) in [6.45, 7) is 0. The second-order valence-corrected chi connectivity index (χ2v) is 5.01. The zero-order valence-electron chi connectivity index (χ0n) is 8.88. The van der Waals surface area contributed by atoms with Crippen LogP contribution >= 0.6 is 0 Å². The number of aromatic nitrogens is 2.